The minimum Gasteiger partial charge on any atom is -0.494 e. The Morgan fingerprint density at radius 1 is 1.33 bits per heavy atom. The highest BCUT2D eigenvalue weighted by Crippen LogP contribution is 2.07. The van der Waals surface area contributed by atoms with Gasteiger partial charge in [0, 0.05) is 18.2 Å². The number of carbonyl (C=O) groups is 2. The standard InChI is InChI=1S/C11H14N2O5/c1-5(11(17)18)6(2)12-10(16)7-3-8(14)13-9(15)4-7/h3-6H,1-2H3,(H,12,16)(H,17,18)(H2,13,14,15). The summed E-state index contributed by atoms with van der Waals surface area (Å²) < 4.78 is 0. The summed E-state index contributed by atoms with van der Waals surface area (Å²) in [6, 6.07) is 1.51. The molecule has 1 rings (SSSR count). The van der Waals surface area contributed by atoms with Gasteiger partial charge in [-0.25, -0.2) is 0 Å². The van der Waals surface area contributed by atoms with Crippen LogP contribution in [0.4, 0.5) is 0 Å². The van der Waals surface area contributed by atoms with Crippen LogP contribution in [-0.4, -0.2) is 33.1 Å². The lowest BCUT2D eigenvalue weighted by atomic mass is 10.0. The molecule has 0 saturated carbocycles. The van der Waals surface area contributed by atoms with Crippen LogP contribution >= 0.6 is 0 Å². The van der Waals surface area contributed by atoms with Crippen LogP contribution in [0.1, 0.15) is 24.2 Å². The molecule has 1 aromatic heterocycles. The number of H-pyrrole nitrogens is 1. The van der Waals surface area contributed by atoms with Crippen molar-refractivity contribution in [2.24, 2.45) is 5.92 Å². The molecule has 0 aromatic carbocycles. The molecule has 0 fully saturated rings. The lowest BCUT2D eigenvalue weighted by molar-refractivity contribution is -0.141. The van der Waals surface area contributed by atoms with Gasteiger partial charge in [0.2, 0.25) is 0 Å². The molecule has 98 valence electrons. The maximum Gasteiger partial charge on any atom is 0.308 e. The highest BCUT2D eigenvalue weighted by Gasteiger charge is 2.21. The maximum atomic E-state index is 11.7. The van der Waals surface area contributed by atoms with Crippen molar-refractivity contribution in [2.45, 2.75) is 19.9 Å². The van der Waals surface area contributed by atoms with Crippen LogP contribution < -0.4 is 10.9 Å². The highest BCUT2D eigenvalue weighted by molar-refractivity contribution is 5.94. The molecule has 1 amide bonds. The Kier molecular flexibility index (Phi) is 4.09. The lowest BCUT2D eigenvalue weighted by Gasteiger charge is -2.17. The van der Waals surface area contributed by atoms with Crippen molar-refractivity contribution in [3.63, 3.8) is 0 Å². The van der Waals surface area contributed by atoms with E-state index >= 15 is 0 Å². The Balaban J connectivity index is 2.82. The third kappa shape index (κ3) is 3.34. The zero-order valence-electron chi connectivity index (χ0n) is 9.93. The summed E-state index contributed by atoms with van der Waals surface area (Å²) in [5.74, 6) is -2.83. The first-order valence-corrected chi connectivity index (χ1v) is 5.28. The first-order valence-electron chi connectivity index (χ1n) is 5.28. The molecule has 7 nitrogen and oxygen atoms in total. The topological polar surface area (TPSA) is 119 Å². The molecule has 2 unspecified atom stereocenters. The van der Waals surface area contributed by atoms with Gasteiger partial charge in [-0.1, -0.05) is 0 Å². The van der Waals surface area contributed by atoms with E-state index in [0.717, 1.165) is 12.1 Å². The van der Waals surface area contributed by atoms with E-state index < -0.39 is 35.3 Å². The molecule has 1 aromatic rings. The molecule has 0 saturated heterocycles. The number of amides is 1. The Morgan fingerprint density at radius 3 is 2.44 bits per heavy atom. The van der Waals surface area contributed by atoms with E-state index in [1.165, 1.54) is 6.92 Å². The van der Waals surface area contributed by atoms with E-state index in [-0.39, 0.29) is 5.56 Å². The summed E-state index contributed by atoms with van der Waals surface area (Å²) in [4.78, 5) is 35.6. The molecule has 0 aliphatic carbocycles. The summed E-state index contributed by atoms with van der Waals surface area (Å²) in [5.41, 5.74) is -0.639. The van der Waals surface area contributed by atoms with Crippen molar-refractivity contribution in [3.8, 4) is 5.88 Å². The first kappa shape index (κ1) is 13.8. The lowest BCUT2D eigenvalue weighted by Crippen LogP contribution is -2.40. The normalized spacial score (nSPS) is 13.7. The van der Waals surface area contributed by atoms with Gasteiger partial charge < -0.3 is 15.5 Å². The SMILES string of the molecule is CC(NC(=O)c1cc(O)[nH]c(=O)c1)C(C)C(=O)O. The van der Waals surface area contributed by atoms with Crippen molar-refractivity contribution < 1.29 is 19.8 Å². The van der Waals surface area contributed by atoms with Crippen molar-refractivity contribution in [3.05, 3.63) is 28.0 Å². The van der Waals surface area contributed by atoms with Crippen molar-refractivity contribution >= 4 is 11.9 Å². The number of carboxylic acid groups (broad SMARTS) is 1. The third-order valence-corrected chi connectivity index (χ3v) is 2.59. The Morgan fingerprint density at radius 2 is 1.94 bits per heavy atom. The summed E-state index contributed by atoms with van der Waals surface area (Å²) in [6.07, 6.45) is 0. The molecule has 1 heterocycles. The molecule has 7 heteroatoms. The van der Waals surface area contributed by atoms with E-state index in [2.05, 4.69) is 10.3 Å². The number of hydrogen-bond donors (Lipinski definition) is 4. The fraction of sp³-hybridized carbons (Fsp3) is 0.364. The van der Waals surface area contributed by atoms with Gasteiger partial charge in [0.05, 0.1) is 11.5 Å². The van der Waals surface area contributed by atoms with Gasteiger partial charge in [-0.15, -0.1) is 0 Å². The largest absolute Gasteiger partial charge is 0.494 e. The Bertz CT molecular complexity index is 522. The summed E-state index contributed by atoms with van der Waals surface area (Å²) in [7, 11) is 0. The minimum atomic E-state index is -1.03. The molecular formula is C11H14N2O5. The summed E-state index contributed by atoms with van der Waals surface area (Å²) >= 11 is 0. The van der Waals surface area contributed by atoms with E-state index in [9.17, 15) is 14.4 Å². The first-order chi connectivity index (χ1) is 8.31. The number of rotatable bonds is 4. The predicted molar refractivity (Wildman–Crippen MR) is 62.5 cm³/mol. The van der Waals surface area contributed by atoms with Crippen LogP contribution in [0.3, 0.4) is 0 Å². The number of carboxylic acids is 1. The van der Waals surface area contributed by atoms with Crippen molar-refractivity contribution in [2.75, 3.05) is 0 Å². The smallest absolute Gasteiger partial charge is 0.308 e. The van der Waals surface area contributed by atoms with Gasteiger partial charge in [-0.2, -0.15) is 0 Å². The number of nitrogens with one attached hydrogen (secondary N) is 2. The van der Waals surface area contributed by atoms with Crippen LogP contribution in [-0.2, 0) is 4.79 Å². The highest BCUT2D eigenvalue weighted by atomic mass is 16.4. The number of aliphatic carboxylic acids is 1. The van der Waals surface area contributed by atoms with Gasteiger partial charge in [-0.05, 0) is 13.8 Å². The number of carbonyl (C=O) groups excluding carboxylic acids is 1. The third-order valence-electron chi connectivity index (χ3n) is 2.59. The number of aromatic hydroxyl groups is 1. The molecule has 0 aliphatic heterocycles. The average Bonchev–Trinajstić information content (AvgIpc) is 2.26. The van der Waals surface area contributed by atoms with Crippen LogP contribution in [0.15, 0.2) is 16.9 Å². The molecule has 2 atom stereocenters. The van der Waals surface area contributed by atoms with E-state index in [1.807, 2.05) is 0 Å². The number of aromatic nitrogens is 1. The quantitative estimate of drug-likeness (QED) is 0.599. The molecule has 0 bridgehead atoms. The second-order valence-electron chi connectivity index (χ2n) is 4.01. The zero-order chi connectivity index (χ0) is 13.9. The number of hydrogen-bond acceptors (Lipinski definition) is 4. The summed E-state index contributed by atoms with van der Waals surface area (Å²) in [5, 5.41) is 20.4. The summed E-state index contributed by atoms with van der Waals surface area (Å²) in [6.45, 7) is 3.01. The molecule has 0 spiro atoms. The van der Waals surface area contributed by atoms with Crippen LogP contribution in [0.5, 0.6) is 5.88 Å². The fourth-order valence-corrected chi connectivity index (χ4v) is 1.29. The maximum absolute atomic E-state index is 11.7. The number of aromatic amines is 1. The zero-order valence-corrected chi connectivity index (χ0v) is 9.93. The van der Waals surface area contributed by atoms with Crippen molar-refractivity contribution in [1.82, 2.24) is 10.3 Å². The van der Waals surface area contributed by atoms with Gasteiger partial charge in [0.1, 0.15) is 0 Å². The molecule has 0 aliphatic rings. The van der Waals surface area contributed by atoms with Gasteiger partial charge in [-0.3, -0.25) is 19.4 Å². The number of pyridine rings is 1. The van der Waals surface area contributed by atoms with E-state index in [4.69, 9.17) is 10.2 Å². The molecular weight excluding hydrogens is 240 g/mol. The van der Waals surface area contributed by atoms with Gasteiger partial charge in [0.15, 0.2) is 5.88 Å². The fourth-order valence-electron chi connectivity index (χ4n) is 1.29. The minimum absolute atomic E-state index is 0.0271. The van der Waals surface area contributed by atoms with Crippen LogP contribution in [0.2, 0.25) is 0 Å². The monoisotopic (exact) mass is 254 g/mol. The van der Waals surface area contributed by atoms with E-state index in [1.54, 1.807) is 6.92 Å². The molecule has 18 heavy (non-hydrogen) atoms. The second kappa shape index (κ2) is 5.35. The molecule has 4 N–H and O–H groups in total. The van der Waals surface area contributed by atoms with Crippen LogP contribution in [0.25, 0.3) is 0 Å². The Hall–Kier alpha value is -2.31. The molecule has 0 radical (unpaired) electrons. The second-order valence-corrected chi connectivity index (χ2v) is 4.01. The van der Waals surface area contributed by atoms with Crippen molar-refractivity contribution in [1.29, 1.82) is 0 Å². The van der Waals surface area contributed by atoms with Gasteiger partial charge >= 0.3 is 5.97 Å². The van der Waals surface area contributed by atoms with E-state index in [0.29, 0.717) is 0 Å². The Labute approximate surface area is 102 Å². The van der Waals surface area contributed by atoms with Crippen LogP contribution in [0, 0.1) is 5.92 Å². The van der Waals surface area contributed by atoms with Gasteiger partial charge in [0.25, 0.3) is 11.5 Å². The predicted octanol–water partition coefficient (Wildman–Crippen LogP) is -0.0805. The average molecular weight is 254 g/mol.